The van der Waals surface area contributed by atoms with E-state index in [0.29, 0.717) is 12.5 Å². The molecule has 0 spiro atoms. The van der Waals surface area contributed by atoms with Crippen LogP contribution in [0.4, 0.5) is 0 Å². The molecule has 0 bridgehead atoms. The fraction of sp³-hybridized carbons (Fsp3) is 0.706. The molecule has 0 saturated heterocycles. The predicted molar refractivity (Wildman–Crippen MR) is 87.4 cm³/mol. The Kier molecular flexibility index (Phi) is 4.40. The second-order valence-corrected chi connectivity index (χ2v) is 12.5. The van der Waals surface area contributed by atoms with Gasteiger partial charge in [-0.25, -0.2) is 0 Å². The van der Waals surface area contributed by atoms with Gasteiger partial charge in [0.25, 0.3) is 0 Å². The summed E-state index contributed by atoms with van der Waals surface area (Å²) in [5, 5.41) is 0.256. The van der Waals surface area contributed by atoms with Gasteiger partial charge in [0.05, 0.1) is 12.3 Å². The lowest BCUT2D eigenvalue weighted by Gasteiger charge is -2.36. The summed E-state index contributed by atoms with van der Waals surface area (Å²) in [6.07, 6.45) is 2.74. The van der Waals surface area contributed by atoms with Crippen LogP contribution in [0.3, 0.4) is 0 Å². The number of rotatable bonds is 5. The molecule has 3 heteroatoms. The average Bonchev–Trinajstić information content (AvgIpc) is 3.19. The molecule has 0 N–H and O–H groups in total. The maximum absolute atomic E-state index is 6.27. The Bertz CT molecular complexity index is 460. The summed E-state index contributed by atoms with van der Waals surface area (Å²) in [6.45, 7) is 14.4. The average molecular weight is 292 g/mol. The third-order valence-electron chi connectivity index (χ3n) is 5.01. The molecule has 20 heavy (non-hydrogen) atoms. The second kappa shape index (κ2) is 5.61. The second-order valence-electron chi connectivity index (χ2n) is 7.73. The van der Waals surface area contributed by atoms with Crippen molar-refractivity contribution in [1.29, 1.82) is 0 Å². The van der Waals surface area contributed by atoms with Gasteiger partial charge in [0.2, 0.25) is 0 Å². The van der Waals surface area contributed by atoms with Crippen LogP contribution in [0.25, 0.3) is 0 Å². The molecule has 0 radical (unpaired) electrons. The third kappa shape index (κ3) is 3.70. The Morgan fingerprint density at radius 2 is 1.95 bits per heavy atom. The Hall–Kier alpha value is -0.673. The Morgan fingerprint density at radius 3 is 2.50 bits per heavy atom. The van der Waals surface area contributed by atoms with Gasteiger partial charge < -0.3 is 4.43 Å². The van der Waals surface area contributed by atoms with E-state index in [1.807, 2.05) is 0 Å². The molecule has 1 aliphatic carbocycles. The molecule has 0 amide bonds. The molecule has 2 nitrogen and oxygen atoms in total. The summed E-state index contributed by atoms with van der Waals surface area (Å²) in [4.78, 5) is 4.82. The van der Waals surface area contributed by atoms with Gasteiger partial charge in [-0.2, -0.15) is 0 Å². The smallest absolute Gasteiger partial charge is 0.192 e. The minimum Gasteiger partial charge on any atom is -0.411 e. The highest BCUT2D eigenvalue weighted by atomic mass is 28.4. The summed E-state index contributed by atoms with van der Waals surface area (Å²) in [7, 11) is -1.68. The Balaban J connectivity index is 2.01. The van der Waals surface area contributed by atoms with Crippen LogP contribution in [0, 0.1) is 5.92 Å². The van der Waals surface area contributed by atoms with Gasteiger partial charge in [0, 0.05) is 11.6 Å². The normalized spacial score (nSPS) is 18.1. The Labute approximate surface area is 125 Å². The van der Waals surface area contributed by atoms with Crippen LogP contribution < -0.4 is 0 Å². The van der Waals surface area contributed by atoms with Crippen LogP contribution in [-0.4, -0.2) is 13.3 Å². The molecular formula is C17H29NOSi. The van der Waals surface area contributed by atoms with Crippen LogP contribution in [-0.2, 0) is 11.0 Å². The highest BCUT2D eigenvalue weighted by molar-refractivity contribution is 6.74. The lowest BCUT2D eigenvalue weighted by atomic mass is 10.0. The molecule has 0 aromatic carbocycles. The van der Waals surface area contributed by atoms with Crippen molar-refractivity contribution in [3.8, 4) is 0 Å². The number of hydrogen-bond acceptors (Lipinski definition) is 2. The van der Waals surface area contributed by atoms with Crippen LogP contribution in [0.15, 0.2) is 18.2 Å². The van der Waals surface area contributed by atoms with Gasteiger partial charge >= 0.3 is 0 Å². The summed E-state index contributed by atoms with van der Waals surface area (Å²) in [5.41, 5.74) is 2.32. The fourth-order valence-corrected chi connectivity index (χ4v) is 3.08. The standard InChI is InChI=1S/C17H29NOSi/c1-13(14-10-11-14)16-9-7-8-15(18-16)12-19-20(5,6)17(2,3)4/h7-9,13-14H,10-12H2,1-6H3. The predicted octanol–water partition coefficient (Wildman–Crippen LogP) is 5.12. The van der Waals surface area contributed by atoms with E-state index in [4.69, 9.17) is 9.41 Å². The number of pyridine rings is 1. The zero-order valence-electron chi connectivity index (χ0n) is 13.9. The summed E-state index contributed by atoms with van der Waals surface area (Å²) < 4.78 is 6.27. The van der Waals surface area contributed by atoms with Crippen molar-refractivity contribution in [2.45, 2.75) is 71.2 Å². The van der Waals surface area contributed by atoms with Crippen LogP contribution in [0.2, 0.25) is 18.1 Å². The van der Waals surface area contributed by atoms with E-state index in [9.17, 15) is 0 Å². The monoisotopic (exact) mass is 291 g/mol. The zero-order valence-corrected chi connectivity index (χ0v) is 14.9. The largest absolute Gasteiger partial charge is 0.411 e. The topological polar surface area (TPSA) is 22.1 Å². The third-order valence-corrected chi connectivity index (χ3v) is 9.49. The van der Waals surface area contributed by atoms with Crippen molar-refractivity contribution in [3.63, 3.8) is 0 Å². The van der Waals surface area contributed by atoms with Gasteiger partial charge in [-0.15, -0.1) is 0 Å². The molecule has 1 fully saturated rings. The Morgan fingerprint density at radius 1 is 1.30 bits per heavy atom. The summed E-state index contributed by atoms with van der Waals surface area (Å²) >= 11 is 0. The minimum atomic E-state index is -1.68. The van der Waals surface area contributed by atoms with E-state index in [2.05, 4.69) is 59.0 Å². The summed E-state index contributed by atoms with van der Waals surface area (Å²) in [5.74, 6) is 1.46. The van der Waals surface area contributed by atoms with Gasteiger partial charge in [-0.1, -0.05) is 33.8 Å². The number of hydrogen-bond donors (Lipinski definition) is 0. The van der Waals surface area contributed by atoms with E-state index in [1.54, 1.807) is 0 Å². The van der Waals surface area contributed by atoms with Crippen LogP contribution >= 0.6 is 0 Å². The van der Waals surface area contributed by atoms with E-state index in [0.717, 1.165) is 11.6 Å². The van der Waals surface area contributed by atoms with Crippen molar-refractivity contribution >= 4 is 8.32 Å². The molecule has 1 aromatic rings. The van der Waals surface area contributed by atoms with E-state index < -0.39 is 8.32 Å². The quantitative estimate of drug-likeness (QED) is 0.703. The molecular weight excluding hydrogens is 262 g/mol. The first-order chi connectivity index (χ1) is 9.21. The lowest BCUT2D eigenvalue weighted by molar-refractivity contribution is 0.271. The van der Waals surface area contributed by atoms with Crippen molar-refractivity contribution in [3.05, 3.63) is 29.6 Å². The SMILES string of the molecule is CC(c1cccc(CO[Si](C)(C)C(C)(C)C)n1)C1CC1. The van der Waals surface area contributed by atoms with Gasteiger partial charge in [-0.05, 0) is 49.0 Å². The first kappa shape index (κ1) is 15.7. The van der Waals surface area contributed by atoms with Crippen LogP contribution in [0.5, 0.6) is 0 Å². The molecule has 1 aliphatic rings. The van der Waals surface area contributed by atoms with E-state index >= 15 is 0 Å². The molecule has 2 rings (SSSR count). The van der Waals surface area contributed by atoms with Crippen molar-refractivity contribution < 1.29 is 4.43 Å². The van der Waals surface area contributed by atoms with Crippen molar-refractivity contribution in [1.82, 2.24) is 4.98 Å². The number of aromatic nitrogens is 1. The van der Waals surface area contributed by atoms with E-state index in [-0.39, 0.29) is 5.04 Å². The zero-order chi connectivity index (χ0) is 15.0. The number of nitrogens with zero attached hydrogens (tertiary/aromatic N) is 1. The summed E-state index contributed by atoms with van der Waals surface area (Å²) in [6, 6.07) is 6.39. The highest BCUT2D eigenvalue weighted by Gasteiger charge is 2.37. The van der Waals surface area contributed by atoms with Gasteiger partial charge in [-0.3, -0.25) is 4.98 Å². The minimum absolute atomic E-state index is 0.256. The van der Waals surface area contributed by atoms with Gasteiger partial charge in [0.1, 0.15) is 0 Å². The van der Waals surface area contributed by atoms with Gasteiger partial charge in [0.15, 0.2) is 8.32 Å². The molecule has 1 atom stereocenters. The fourth-order valence-electron chi connectivity index (χ4n) is 2.14. The van der Waals surface area contributed by atoms with Crippen molar-refractivity contribution in [2.24, 2.45) is 5.92 Å². The molecule has 1 saturated carbocycles. The van der Waals surface area contributed by atoms with Crippen molar-refractivity contribution in [2.75, 3.05) is 0 Å². The molecule has 1 aromatic heterocycles. The first-order valence-corrected chi connectivity index (χ1v) is 10.7. The maximum Gasteiger partial charge on any atom is 0.192 e. The first-order valence-electron chi connectivity index (χ1n) is 7.80. The molecule has 0 aliphatic heterocycles. The molecule has 1 heterocycles. The molecule has 112 valence electrons. The van der Waals surface area contributed by atoms with E-state index in [1.165, 1.54) is 18.5 Å². The maximum atomic E-state index is 6.27. The molecule has 1 unspecified atom stereocenters. The van der Waals surface area contributed by atoms with Crippen LogP contribution in [0.1, 0.15) is 57.8 Å². The highest BCUT2D eigenvalue weighted by Crippen LogP contribution is 2.41. The lowest BCUT2D eigenvalue weighted by Crippen LogP contribution is -2.40.